The summed E-state index contributed by atoms with van der Waals surface area (Å²) in [6.07, 6.45) is 0. The molecule has 1 heterocycles. The third-order valence-corrected chi connectivity index (χ3v) is 3.43. The molecule has 0 saturated heterocycles. The molecule has 3 rings (SSSR count). The SMILES string of the molecule is Cc1nc2ccccc2n1CC(=O)Nc1ccc(F)c(N)c1. The summed E-state index contributed by atoms with van der Waals surface area (Å²) < 4.78 is 14.9. The third kappa shape index (κ3) is 2.63. The second kappa shape index (κ2) is 5.48. The molecule has 0 aliphatic carbocycles. The maximum atomic E-state index is 13.1. The van der Waals surface area contributed by atoms with Crippen molar-refractivity contribution in [1.82, 2.24) is 9.55 Å². The number of nitrogen functional groups attached to an aromatic ring is 1. The van der Waals surface area contributed by atoms with Crippen LogP contribution in [0, 0.1) is 12.7 Å². The predicted molar refractivity (Wildman–Crippen MR) is 83.9 cm³/mol. The molecule has 0 saturated carbocycles. The number of benzene rings is 2. The van der Waals surface area contributed by atoms with Gasteiger partial charge in [-0.25, -0.2) is 9.37 Å². The van der Waals surface area contributed by atoms with E-state index in [9.17, 15) is 9.18 Å². The number of carbonyl (C=O) groups excluding carboxylic acids is 1. The topological polar surface area (TPSA) is 72.9 Å². The zero-order valence-corrected chi connectivity index (χ0v) is 12.0. The molecule has 0 bridgehead atoms. The fraction of sp³-hybridized carbons (Fsp3) is 0.125. The van der Waals surface area contributed by atoms with Gasteiger partial charge in [-0.15, -0.1) is 0 Å². The van der Waals surface area contributed by atoms with E-state index in [4.69, 9.17) is 5.73 Å². The molecule has 3 N–H and O–H groups in total. The molecule has 0 aliphatic heterocycles. The van der Waals surface area contributed by atoms with Crippen LogP contribution in [-0.2, 0) is 11.3 Å². The number of aryl methyl sites for hydroxylation is 1. The molecule has 2 aromatic carbocycles. The number of nitrogens with two attached hydrogens (primary N) is 1. The van der Waals surface area contributed by atoms with E-state index >= 15 is 0 Å². The molecule has 1 amide bonds. The Morgan fingerprint density at radius 1 is 1.32 bits per heavy atom. The van der Waals surface area contributed by atoms with Crippen molar-refractivity contribution in [3.8, 4) is 0 Å². The molecular weight excluding hydrogens is 283 g/mol. The van der Waals surface area contributed by atoms with E-state index in [1.807, 2.05) is 35.8 Å². The van der Waals surface area contributed by atoms with Crippen LogP contribution in [0.3, 0.4) is 0 Å². The number of carbonyl (C=O) groups is 1. The molecule has 0 atom stereocenters. The number of fused-ring (bicyclic) bond motifs is 1. The van der Waals surface area contributed by atoms with Crippen LogP contribution in [0.4, 0.5) is 15.8 Å². The van der Waals surface area contributed by atoms with Crippen molar-refractivity contribution in [2.45, 2.75) is 13.5 Å². The summed E-state index contributed by atoms with van der Waals surface area (Å²) >= 11 is 0. The van der Waals surface area contributed by atoms with Crippen LogP contribution in [0.2, 0.25) is 0 Å². The molecule has 5 nitrogen and oxygen atoms in total. The summed E-state index contributed by atoms with van der Waals surface area (Å²) in [6.45, 7) is 1.98. The Hall–Kier alpha value is -2.89. The number of anilines is 2. The minimum Gasteiger partial charge on any atom is -0.396 e. The van der Waals surface area contributed by atoms with Crippen molar-refractivity contribution in [1.29, 1.82) is 0 Å². The molecule has 0 radical (unpaired) electrons. The number of hydrogen-bond donors (Lipinski definition) is 2. The highest BCUT2D eigenvalue weighted by atomic mass is 19.1. The van der Waals surface area contributed by atoms with E-state index in [0.717, 1.165) is 16.9 Å². The quantitative estimate of drug-likeness (QED) is 0.730. The highest BCUT2D eigenvalue weighted by Gasteiger charge is 2.11. The van der Waals surface area contributed by atoms with Gasteiger partial charge < -0.3 is 15.6 Å². The maximum absolute atomic E-state index is 13.1. The first-order valence-corrected chi connectivity index (χ1v) is 6.81. The molecule has 0 spiro atoms. The van der Waals surface area contributed by atoms with Crippen LogP contribution in [-0.4, -0.2) is 15.5 Å². The Balaban J connectivity index is 1.81. The minimum absolute atomic E-state index is 0.00191. The van der Waals surface area contributed by atoms with Crippen molar-refractivity contribution < 1.29 is 9.18 Å². The fourth-order valence-electron chi connectivity index (χ4n) is 2.36. The number of amides is 1. The van der Waals surface area contributed by atoms with Crippen molar-refractivity contribution in [2.75, 3.05) is 11.1 Å². The smallest absolute Gasteiger partial charge is 0.244 e. The van der Waals surface area contributed by atoms with Gasteiger partial charge in [0.05, 0.1) is 16.7 Å². The molecule has 3 aromatic rings. The second-order valence-electron chi connectivity index (χ2n) is 5.02. The largest absolute Gasteiger partial charge is 0.396 e. The highest BCUT2D eigenvalue weighted by molar-refractivity contribution is 5.92. The van der Waals surface area contributed by atoms with Crippen LogP contribution in [0.15, 0.2) is 42.5 Å². The summed E-state index contributed by atoms with van der Waals surface area (Å²) in [5, 5.41) is 2.71. The normalized spacial score (nSPS) is 10.8. The fourth-order valence-corrected chi connectivity index (χ4v) is 2.36. The van der Waals surface area contributed by atoms with Crippen molar-refractivity contribution >= 4 is 28.3 Å². The van der Waals surface area contributed by atoms with Gasteiger partial charge in [-0.05, 0) is 37.3 Å². The van der Waals surface area contributed by atoms with Gasteiger partial charge in [-0.1, -0.05) is 12.1 Å². The maximum Gasteiger partial charge on any atom is 0.244 e. The van der Waals surface area contributed by atoms with Gasteiger partial charge in [0, 0.05) is 5.69 Å². The lowest BCUT2D eigenvalue weighted by Crippen LogP contribution is -2.19. The van der Waals surface area contributed by atoms with Gasteiger partial charge >= 0.3 is 0 Å². The zero-order valence-electron chi connectivity index (χ0n) is 12.0. The Bertz CT molecular complexity index is 856. The van der Waals surface area contributed by atoms with Gasteiger partial charge in [0.25, 0.3) is 0 Å². The second-order valence-corrected chi connectivity index (χ2v) is 5.02. The Kier molecular flexibility index (Phi) is 3.50. The van der Waals surface area contributed by atoms with E-state index < -0.39 is 5.82 Å². The number of hydrogen-bond acceptors (Lipinski definition) is 3. The van der Waals surface area contributed by atoms with Crippen LogP contribution < -0.4 is 11.1 Å². The highest BCUT2D eigenvalue weighted by Crippen LogP contribution is 2.18. The molecule has 1 aromatic heterocycles. The molecule has 6 heteroatoms. The predicted octanol–water partition coefficient (Wildman–Crippen LogP) is 2.70. The molecular formula is C16H15FN4O. The molecule has 0 aliphatic rings. The molecule has 112 valence electrons. The van der Waals surface area contributed by atoms with Gasteiger partial charge in [-0.2, -0.15) is 0 Å². The average Bonchev–Trinajstić information content (AvgIpc) is 2.79. The van der Waals surface area contributed by atoms with E-state index in [1.54, 1.807) is 0 Å². The minimum atomic E-state index is -0.505. The third-order valence-electron chi connectivity index (χ3n) is 3.43. The Labute approximate surface area is 126 Å². The zero-order chi connectivity index (χ0) is 15.7. The van der Waals surface area contributed by atoms with E-state index in [-0.39, 0.29) is 18.1 Å². The number of nitrogens with zero attached hydrogens (tertiary/aromatic N) is 2. The Morgan fingerprint density at radius 3 is 2.86 bits per heavy atom. The monoisotopic (exact) mass is 298 g/mol. The first-order chi connectivity index (χ1) is 10.5. The van der Waals surface area contributed by atoms with E-state index in [0.29, 0.717) is 5.69 Å². The van der Waals surface area contributed by atoms with Gasteiger partial charge in [-0.3, -0.25) is 4.79 Å². The van der Waals surface area contributed by atoms with Gasteiger partial charge in [0.15, 0.2) is 0 Å². The van der Waals surface area contributed by atoms with Crippen LogP contribution in [0.5, 0.6) is 0 Å². The number of rotatable bonds is 3. The average molecular weight is 298 g/mol. The number of nitrogens with one attached hydrogen (secondary N) is 1. The van der Waals surface area contributed by atoms with E-state index in [2.05, 4.69) is 10.3 Å². The van der Waals surface area contributed by atoms with Crippen molar-refractivity contribution in [3.05, 3.63) is 54.1 Å². The summed E-state index contributed by atoms with van der Waals surface area (Å²) in [5.41, 5.74) is 7.70. The standard InChI is InChI=1S/C16H15FN4O/c1-10-19-14-4-2-3-5-15(14)21(10)9-16(22)20-11-6-7-12(17)13(18)8-11/h2-8H,9,18H2,1H3,(H,20,22). The summed E-state index contributed by atoms with van der Waals surface area (Å²) in [4.78, 5) is 16.6. The van der Waals surface area contributed by atoms with Gasteiger partial charge in [0.1, 0.15) is 18.2 Å². The first kappa shape index (κ1) is 14.1. The molecule has 0 unspecified atom stereocenters. The lowest BCUT2D eigenvalue weighted by molar-refractivity contribution is -0.116. The van der Waals surface area contributed by atoms with Gasteiger partial charge in [0.2, 0.25) is 5.91 Å². The number of para-hydroxylation sites is 2. The Morgan fingerprint density at radius 2 is 2.09 bits per heavy atom. The number of imidazole rings is 1. The lowest BCUT2D eigenvalue weighted by atomic mass is 10.2. The van der Waals surface area contributed by atoms with Crippen molar-refractivity contribution in [2.24, 2.45) is 0 Å². The van der Waals surface area contributed by atoms with Crippen LogP contribution in [0.1, 0.15) is 5.82 Å². The summed E-state index contributed by atoms with van der Waals surface area (Å²) in [5.74, 6) is 0.0293. The van der Waals surface area contributed by atoms with Crippen LogP contribution in [0.25, 0.3) is 11.0 Å². The lowest BCUT2D eigenvalue weighted by Gasteiger charge is -2.09. The summed E-state index contributed by atoms with van der Waals surface area (Å²) in [6, 6.07) is 11.7. The number of halogens is 1. The molecule has 22 heavy (non-hydrogen) atoms. The van der Waals surface area contributed by atoms with E-state index in [1.165, 1.54) is 18.2 Å². The summed E-state index contributed by atoms with van der Waals surface area (Å²) in [7, 11) is 0. The van der Waals surface area contributed by atoms with Crippen LogP contribution >= 0.6 is 0 Å². The number of aromatic nitrogens is 2. The first-order valence-electron chi connectivity index (χ1n) is 6.81. The molecule has 0 fully saturated rings. The van der Waals surface area contributed by atoms with Crippen molar-refractivity contribution in [3.63, 3.8) is 0 Å².